The van der Waals surface area contributed by atoms with Crippen LogP contribution in [0.1, 0.15) is 16.2 Å². The van der Waals surface area contributed by atoms with Crippen LogP contribution in [0, 0.1) is 0 Å². The summed E-state index contributed by atoms with van der Waals surface area (Å²) in [6.45, 7) is 0.397. The number of carbonyl (C=O) groups excluding carboxylic acids is 1. The first-order valence-electron chi connectivity index (χ1n) is 8.80. The van der Waals surface area contributed by atoms with Gasteiger partial charge >= 0.3 is 5.97 Å². The Bertz CT molecular complexity index is 1220. The van der Waals surface area contributed by atoms with E-state index in [1.807, 2.05) is 59.4 Å². The second kappa shape index (κ2) is 7.44. The molecule has 2 aromatic heterocycles. The minimum absolute atomic E-state index is 0.240. The standard InChI is InChI=1S/C22H17N3O3/c1-28-22(27)16-9-10-18-19(12-16)23-20(24-21(18)26)14-25-11-5-8-17(13-25)15-6-3-2-4-7-15/h2-13H,14H2,1H3/p+1. The van der Waals surface area contributed by atoms with Crippen LogP contribution in [-0.4, -0.2) is 23.0 Å². The number of fused-ring (bicyclic) bond motifs is 1. The summed E-state index contributed by atoms with van der Waals surface area (Å²) < 4.78 is 6.69. The Morgan fingerprint density at radius 2 is 1.86 bits per heavy atom. The van der Waals surface area contributed by atoms with Gasteiger partial charge in [0.15, 0.2) is 18.2 Å². The Hall–Kier alpha value is -3.80. The molecule has 6 nitrogen and oxygen atoms in total. The van der Waals surface area contributed by atoms with E-state index >= 15 is 0 Å². The summed E-state index contributed by atoms with van der Waals surface area (Å²) in [5.74, 6) is 0.0465. The molecule has 0 saturated carbocycles. The number of carbonyl (C=O) groups is 1. The molecular formula is C22H18N3O3+. The average molecular weight is 372 g/mol. The molecule has 1 N–H and O–H groups in total. The molecule has 138 valence electrons. The first-order valence-corrected chi connectivity index (χ1v) is 8.80. The van der Waals surface area contributed by atoms with Crippen LogP contribution in [0.3, 0.4) is 0 Å². The molecule has 6 heteroatoms. The van der Waals surface area contributed by atoms with Crippen LogP contribution in [0.15, 0.2) is 77.9 Å². The van der Waals surface area contributed by atoms with E-state index in [4.69, 9.17) is 4.74 Å². The van der Waals surface area contributed by atoms with Crippen molar-refractivity contribution < 1.29 is 14.1 Å². The van der Waals surface area contributed by atoms with Gasteiger partial charge in [0.05, 0.1) is 23.6 Å². The fraction of sp³-hybridized carbons (Fsp3) is 0.0909. The van der Waals surface area contributed by atoms with Crippen molar-refractivity contribution in [3.63, 3.8) is 0 Å². The second-order valence-electron chi connectivity index (χ2n) is 6.37. The van der Waals surface area contributed by atoms with Crippen LogP contribution in [0.2, 0.25) is 0 Å². The minimum atomic E-state index is -0.463. The number of aromatic nitrogens is 3. The first-order chi connectivity index (χ1) is 13.6. The Labute approximate surface area is 161 Å². The van der Waals surface area contributed by atoms with Gasteiger partial charge in [-0.3, -0.25) is 4.79 Å². The highest BCUT2D eigenvalue weighted by Crippen LogP contribution is 2.16. The van der Waals surface area contributed by atoms with Crippen molar-refractivity contribution in [2.45, 2.75) is 6.54 Å². The van der Waals surface area contributed by atoms with Crippen LogP contribution in [0.25, 0.3) is 22.0 Å². The Morgan fingerprint density at radius 3 is 2.64 bits per heavy atom. The normalized spacial score (nSPS) is 10.8. The molecule has 0 amide bonds. The van der Waals surface area contributed by atoms with Gasteiger partial charge in [-0.05, 0) is 29.8 Å². The highest BCUT2D eigenvalue weighted by atomic mass is 16.5. The smallest absolute Gasteiger partial charge is 0.337 e. The molecule has 4 aromatic rings. The predicted molar refractivity (Wildman–Crippen MR) is 105 cm³/mol. The van der Waals surface area contributed by atoms with Gasteiger partial charge in [0.2, 0.25) is 6.54 Å². The molecule has 0 bridgehead atoms. The number of benzene rings is 2. The summed E-state index contributed by atoms with van der Waals surface area (Å²) in [4.78, 5) is 31.5. The number of H-pyrrole nitrogens is 1. The lowest BCUT2D eigenvalue weighted by molar-refractivity contribution is -0.688. The zero-order valence-electron chi connectivity index (χ0n) is 15.3. The van der Waals surface area contributed by atoms with Gasteiger partial charge < -0.3 is 9.72 Å². The first kappa shape index (κ1) is 17.6. The number of esters is 1. The molecule has 2 heterocycles. The number of rotatable bonds is 4. The lowest BCUT2D eigenvalue weighted by atomic mass is 10.1. The molecule has 0 radical (unpaired) electrons. The number of hydrogen-bond acceptors (Lipinski definition) is 4. The topological polar surface area (TPSA) is 75.9 Å². The number of nitrogens with zero attached hydrogens (tertiary/aromatic N) is 2. The fourth-order valence-electron chi connectivity index (χ4n) is 3.10. The number of hydrogen-bond donors (Lipinski definition) is 1. The molecule has 0 unspecified atom stereocenters. The second-order valence-corrected chi connectivity index (χ2v) is 6.37. The molecular weight excluding hydrogens is 354 g/mol. The van der Waals surface area contributed by atoms with Crippen molar-refractivity contribution in [1.29, 1.82) is 0 Å². The van der Waals surface area contributed by atoms with E-state index in [9.17, 15) is 9.59 Å². The van der Waals surface area contributed by atoms with Gasteiger partial charge in [-0.1, -0.05) is 30.3 Å². The molecule has 0 aliphatic carbocycles. The van der Waals surface area contributed by atoms with Crippen LogP contribution >= 0.6 is 0 Å². The minimum Gasteiger partial charge on any atom is -0.465 e. The van der Waals surface area contributed by atoms with Gasteiger partial charge in [0.25, 0.3) is 5.56 Å². The van der Waals surface area contributed by atoms with E-state index in [-0.39, 0.29) is 5.56 Å². The summed E-state index contributed by atoms with van der Waals surface area (Å²) >= 11 is 0. The molecule has 2 aromatic carbocycles. The van der Waals surface area contributed by atoms with Crippen LogP contribution in [-0.2, 0) is 11.3 Å². The van der Waals surface area contributed by atoms with Crippen molar-refractivity contribution in [3.05, 3.63) is 94.8 Å². The lowest BCUT2D eigenvalue weighted by Crippen LogP contribution is -2.35. The largest absolute Gasteiger partial charge is 0.465 e. The van der Waals surface area contributed by atoms with Crippen molar-refractivity contribution in [3.8, 4) is 11.1 Å². The van der Waals surface area contributed by atoms with Gasteiger partial charge in [0, 0.05) is 11.6 Å². The molecule has 0 atom stereocenters. The monoisotopic (exact) mass is 372 g/mol. The van der Waals surface area contributed by atoms with E-state index in [0.29, 0.717) is 28.8 Å². The summed E-state index contributed by atoms with van der Waals surface area (Å²) in [5.41, 5.74) is 2.76. The molecule has 0 saturated heterocycles. The Kier molecular flexibility index (Phi) is 4.68. The third-order valence-electron chi connectivity index (χ3n) is 4.47. The molecule has 0 spiro atoms. The van der Waals surface area contributed by atoms with Crippen LogP contribution < -0.4 is 10.1 Å². The zero-order valence-corrected chi connectivity index (χ0v) is 15.3. The van der Waals surface area contributed by atoms with Crippen LogP contribution in [0.4, 0.5) is 0 Å². The number of methoxy groups -OCH3 is 1. The molecule has 0 fully saturated rings. The molecule has 4 rings (SSSR count). The number of nitrogens with one attached hydrogen (secondary N) is 1. The maximum Gasteiger partial charge on any atom is 0.337 e. The van der Waals surface area contributed by atoms with E-state index in [2.05, 4.69) is 9.97 Å². The Balaban J connectivity index is 1.70. The van der Waals surface area contributed by atoms with Crippen LogP contribution in [0.5, 0.6) is 0 Å². The number of aromatic amines is 1. The van der Waals surface area contributed by atoms with Crippen molar-refractivity contribution >= 4 is 16.9 Å². The van der Waals surface area contributed by atoms with Crippen molar-refractivity contribution in [1.82, 2.24) is 9.97 Å². The number of pyridine rings is 1. The van der Waals surface area contributed by atoms with E-state index in [0.717, 1.165) is 11.1 Å². The predicted octanol–water partition coefficient (Wildman–Crippen LogP) is 2.71. The fourth-order valence-corrected chi connectivity index (χ4v) is 3.10. The van der Waals surface area contributed by atoms with Crippen molar-refractivity contribution in [2.24, 2.45) is 0 Å². The average Bonchev–Trinajstić information content (AvgIpc) is 2.73. The highest BCUT2D eigenvalue weighted by Gasteiger charge is 2.12. The number of ether oxygens (including phenoxy) is 1. The summed E-state index contributed by atoms with van der Waals surface area (Å²) in [6.07, 6.45) is 3.92. The van der Waals surface area contributed by atoms with E-state index in [1.165, 1.54) is 7.11 Å². The SMILES string of the molecule is COC(=O)c1ccc2c(=O)[nH]c(C[n+]3cccc(-c4ccccc4)c3)nc2c1. The summed E-state index contributed by atoms with van der Waals surface area (Å²) in [5, 5.41) is 0.430. The van der Waals surface area contributed by atoms with Crippen molar-refractivity contribution in [2.75, 3.05) is 7.11 Å². The summed E-state index contributed by atoms with van der Waals surface area (Å²) in [6, 6.07) is 18.8. The molecule has 28 heavy (non-hydrogen) atoms. The quantitative estimate of drug-likeness (QED) is 0.441. The highest BCUT2D eigenvalue weighted by molar-refractivity contribution is 5.93. The zero-order chi connectivity index (χ0) is 19.5. The Morgan fingerprint density at radius 1 is 1.07 bits per heavy atom. The van der Waals surface area contributed by atoms with Gasteiger partial charge in [-0.2, -0.15) is 4.57 Å². The third-order valence-corrected chi connectivity index (χ3v) is 4.47. The third kappa shape index (κ3) is 3.53. The molecule has 0 aliphatic heterocycles. The van der Waals surface area contributed by atoms with Gasteiger partial charge in [0.1, 0.15) is 0 Å². The van der Waals surface area contributed by atoms with Gasteiger partial charge in [-0.25, -0.2) is 9.78 Å². The van der Waals surface area contributed by atoms with E-state index < -0.39 is 5.97 Å². The molecule has 0 aliphatic rings. The lowest BCUT2D eigenvalue weighted by Gasteiger charge is -2.04. The van der Waals surface area contributed by atoms with E-state index in [1.54, 1.807) is 18.2 Å². The van der Waals surface area contributed by atoms with Gasteiger partial charge in [-0.15, -0.1) is 0 Å². The maximum atomic E-state index is 12.4. The maximum absolute atomic E-state index is 12.4. The summed E-state index contributed by atoms with van der Waals surface area (Å²) in [7, 11) is 1.32.